The minimum Gasteiger partial charge on any atom is -0.364 e. The van der Waals surface area contributed by atoms with Crippen LogP contribution < -0.4 is 5.32 Å². The summed E-state index contributed by atoms with van der Waals surface area (Å²) >= 11 is 6.42. The quantitative estimate of drug-likeness (QED) is 0.640. The van der Waals surface area contributed by atoms with Crippen molar-refractivity contribution in [3.63, 3.8) is 0 Å². The third-order valence-electron chi connectivity index (χ3n) is 6.37. The van der Waals surface area contributed by atoms with Gasteiger partial charge in [0.05, 0.1) is 16.6 Å². The molecule has 3 atom stereocenters. The van der Waals surface area contributed by atoms with Gasteiger partial charge in [-0.15, -0.1) is 0 Å². The summed E-state index contributed by atoms with van der Waals surface area (Å²) < 4.78 is 0. The first-order chi connectivity index (χ1) is 15.5. The second kappa shape index (κ2) is 8.47. The van der Waals surface area contributed by atoms with Gasteiger partial charge in [-0.2, -0.15) is 0 Å². The number of nitrogens with one attached hydrogen (secondary N) is 1. The number of hydrogen-bond acceptors (Lipinski definition) is 6. The van der Waals surface area contributed by atoms with Crippen molar-refractivity contribution < 1.29 is 4.79 Å². The third kappa shape index (κ3) is 3.93. The van der Waals surface area contributed by atoms with Crippen LogP contribution in [0.5, 0.6) is 0 Å². The first kappa shape index (κ1) is 20.8. The van der Waals surface area contributed by atoms with Gasteiger partial charge in [0.25, 0.3) is 5.91 Å². The summed E-state index contributed by atoms with van der Waals surface area (Å²) in [6.45, 7) is 4.66. The van der Waals surface area contributed by atoms with E-state index < -0.39 is 0 Å². The van der Waals surface area contributed by atoms with Crippen LogP contribution in [0.2, 0.25) is 5.02 Å². The van der Waals surface area contributed by atoms with Crippen LogP contribution >= 0.6 is 11.6 Å². The van der Waals surface area contributed by atoms with Gasteiger partial charge in [0, 0.05) is 37.4 Å². The topological polar surface area (TPSA) is 83.9 Å². The van der Waals surface area contributed by atoms with Gasteiger partial charge in [-0.3, -0.25) is 9.78 Å². The molecule has 6 rings (SSSR count). The molecule has 3 unspecified atom stereocenters. The fourth-order valence-corrected chi connectivity index (χ4v) is 5.16. The summed E-state index contributed by atoms with van der Waals surface area (Å²) in [5, 5.41) is 4.13. The average Bonchev–Trinajstić information content (AvgIpc) is 2.81. The Bertz CT molecular complexity index is 1150. The van der Waals surface area contributed by atoms with E-state index >= 15 is 0 Å². The summed E-state index contributed by atoms with van der Waals surface area (Å²) in [6, 6.07) is 5.73. The van der Waals surface area contributed by atoms with Gasteiger partial charge in [0.1, 0.15) is 11.5 Å². The average molecular weight is 449 g/mol. The number of carbonyl (C=O) groups excluding carboxylic acids is 1. The lowest BCUT2D eigenvalue weighted by Crippen LogP contribution is -2.59. The smallest absolute Gasteiger partial charge is 0.256 e. The molecule has 5 heterocycles. The van der Waals surface area contributed by atoms with Gasteiger partial charge < -0.3 is 10.2 Å². The van der Waals surface area contributed by atoms with Crippen molar-refractivity contribution in [2.45, 2.75) is 45.2 Å². The van der Waals surface area contributed by atoms with Gasteiger partial charge in [0.2, 0.25) is 0 Å². The zero-order chi connectivity index (χ0) is 22.2. The highest BCUT2D eigenvalue weighted by Crippen LogP contribution is 2.38. The number of hydrogen-bond donors (Lipinski definition) is 1. The molecule has 3 aromatic heterocycles. The van der Waals surface area contributed by atoms with Gasteiger partial charge in [-0.25, -0.2) is 15.0 Å². The number of aryl methyl sites for hydroxylation is 2. The van der Waals surface area contributed by atoms with Gasteiger partial charge in [-0.05, 0) is 68.4 Å². The van der Waals surface area contributed by atoms with E-state index in [1.54, 1.807) is 24.7 Å². The standard InChI is InChI=1S/C24H25ClN6O/c1-14-8-17(21(28-11-14)23-26-6-3-7-27-23)24(32)31-13-16-4-5-20(31)19(10-16)30-22-18(25)9-15(2)12-29-22/h3,6-9,11-12,16,19-20H,4-5,10,13H2,1-2H3,(H,29,30). The van der Waals surface area contributed by atoms with Gasteiger partial charge in [0.15, 0.2) is 5.82 Å². The van der Waals surface area contributed by atoms with Crippen LogP contribution in [-0.2, 0) is 0 Å². The summed E-state index contributed by atoms with van der Waals surface area (Å²) in [7, 11) is 0. The van der Waals surface area contributed by atoms with Gasteiger partial charge >= 0.3 is 0 Å². The van der Waals surface area contributed by atoms with Crippen LogP contribution in [0.1, 0.15) is 40.7 Å². The minimum absolute atomic E-state index is 0.0205. The molecular formula is C24H25ClN6O. The maximum atomic E-state index is 13.8. The SMILES string of the molecule is Cc1cnc(NC2CC3CCC2N(C(=O)c2cc(C)cnc2-c2ncccn2)C3)c(Cl)c1. The summed E-state index contributed by atoms with van der Waals surface area (Å²) in [5.74, 6) is 1.56. The monoisotopic (exact) mass is 448 g/mol. The maximum absolute atomic E-state index is 13.8. The molecule has 1 saturated carbocycles. The molecule has 164 valence electrons. The lowest BCUT2D eigenvalue weighted by molar-refractivity contribution is 0.0282. The maximum Gasteiger partial charge on any atom is 0.256 e. The van der Waals surface area contributed by atoms with E-state index in [2.05, 4.69) is 25.3 Å². The van der Waals surface area contributed by atoms with E-state index in [0.29, 0.717) is 33.8 Å². The molecule has 7 nitrogen and oxygen atoms in total. The Hall–Kier alpha value is -3.06. The van der Waals surface area contributed by atoms with Crippen LogP contribution in [0.25, 0.3) is 11.5 Å². The van der Waals surface area contributed by atoms with Crippen molar-refractivity contribution in [2.75, 3.05) is 11.9 Å². The molecule has 3 aromatic rings. The molecule has 0 aromatic carbocycles. The highest BCUT2D eigenvalue weighted by atomic mass is 35.5. The van der Waals surface area contributed by atoms with Crippen molar-refractivity contribution in [3.05, 3.63) is 64.7 Å². The number of pyridine rings is 2. The second-order valence-corrected chi connectivity index (χ2v) is 9.19. The molecule has 1 aliphatic carbocycles. The fraction of sp³-hybridized carbons (Fsp3) is 0.375. The van der Waals surface area contributed by atoms with Crippen molar-refractivity contribution in [2.24, 2.45) is 5.92 Å². The Morgan fingerprint density at radius 2 is 1.81 bits per heavy atom. The van der Waals surface area contributed by atoms with Crippen LogP contribution in [0, 0.1) is 19.8 Å². The number of rotatable bonds is 4. The molecule has 2 aliphatic heterocycles. The van der Waals surface area contributed by atoms with Crippen LogP contribution in [0.15, 0.2) is 43.0 Å². The predicted octanol–water partition coefficient (Wildman–Crippen LogP) is 4.31. The largest absolute Gasteiger partial charge is 0.364 e. The zero-order valence-corrected chi connectivity index (χ0v) is 18.9. The summed E-state index contributed by atoms with van der Waals surface area (Å²) in [5.41, 5.74) is 3.02. The molecule has 8 heteroatoms. The molecule has 3 aliphatic rings. The number of anilines is 1. The van der Waals surface area contributed by atoms with Crippen LogP contribution in [-0.4, -0.2) is 49.4 Å². The normalized spacial score (nSPS) is 22.1. The molecule has 2 saturated heterocycles. The first-order valence-electron chi connectivity index (χ1n) is 10.9. The lowest BCUT2D eigenvalue weighted by Gasteiger charge is -2.50. The number of carbonyl (C=O) groups is 1. The molecule has 2 bridgehead atoms. The summed E-state index contributed by atoms with van der Waals surface area (Å²) in [4.78, 5) is 33.4. The van der Waals surface area contributed by atoms with E-state index in [4.69, 9.17) is 11.6 Å². The number of halogens is 1. The van der Waals surface area contributed by atoms with Crippen molar-refractivity contribution >= 4 is 23.3 Å². The molecular weight excluding hydrogens is 424 g/mol. The van der Waals surface area contributed by atoms with Crippen molar-refractivity contribution in [1.82, 2.24) is 24.8 Å². The first-order valence-corrected chi connectivity index (χ1v) is 11.3. The van der Waals surface area contributed by atoms with Crippen LogP contribution in [0.4, 0.5) is 5.82 Å². The molecule has 0 radical (unpaired) electrons. The fourth-order valence-electron chi connectivity index (χ4n) is 4.88. The highest BCUT2D eigenvalue weighted by molar-refractivity contribution is 6.33. The number of nitrogens with zero attached hydrogens (tertiary/aromatic N) is 5. The molecule has 32 heavy (non-hydrogen) atoms. The highest BCUT2D eigenvalue weighted by Gasteiger charge is 2.44. The molecule has 3 fully saturated rings. The van der Waals surface area contributed by atoms with E-state index in [9.17, 15) is 4.79 Å². The van der Waals surface area contributed by atoms with E-state index in [-0.39, 0.29) is 18.0 Å². The minimum atomic E-state index is -0.0205. The second-order valence-electron chi connectivity index (χ2n) is 8.78. The van der Waals surface area contributed by atoms with E-state index in [0.717, 1.165) is 36.9 Å². The van der Waals surface area contributed by atoms with Gasteiger partial charge in [-0.1, -0.05) is 11.6 Å². The Morgan fingerprint density at radius 1 is 1.06 bits per heavy atom. The Balaban J connectivity index is 1.45. The zero-order valence-electron chi connectivity index (χ0n) is 18.1. The van der Waals surface area contributed by atoms with E-state index in [1.165, 1.54) is 0 Å². The van der Waals surface area contributed by atoms with Crippen molar-refractivity contribution in [1.29, 1.82) is 0 Å². The number of aromatic nitrogens is 4. The molecule has 0 spiro atoms. The Labute approximate surface area is 192 Å². The molecule has 1 N–H and O–H groups in total. The third-order valence-corrected chi connectivity index (χ3v) is 6.66. The summed E-state index contributed by atoms with van der Waals surface area (Å²) in [6.07, 6.45) is 9.97. The number of piperidine rings is 2. The van der Waals surface area contributed by atoms with Crippen LogP contribution in [0.3, 0.4) is 0 Å². The number of fused-ring (bicyclic) bond motifs is 3. The predicted molar refractivity (Wildman–Crippen MR) is 124 cm³/mol. The number of amides is 1. The Kier molecular flexibility index (Phi) is 5.51. The Morgan fingerprint density at radius 3 is 2.56 bits per heavy atom. The van der Waals surface area contributed by atoms with Crippen molar-refractivity contribution in [3.8, 4) is 11.5 Å². The van der Waals surface area contributed by atoms with E-state index in [1.807, 2.05) is 37.1 Å². The molecule has 1 amide bonds. The lowest BCUT2D eigenvalue weighted by atomic mass is 9.76.